The summed E-state index contributed by atoms with van der Waals surface area (Å²) in [7, 11) is -1.89. The quantitative estimate of drug-likeness (QED) is 0.759. The second-order valence-electron chi connectivity index (χ2n) is 6.42. The van der Waals surface area contributed by atoms with E-state index in [1.54, 1.807) is 0 Å². The van der Waals surface area contributed by atoms with Crippen molar-refractivity contribution in [3.63, 3.8) is 0 Å². The third kappa shape index (κ3) is 5.30. The summed E-state index contributed by atoms with van der Waals surface area (Å²) < 4.78 is 24.6. The molecule has 0 saturated carbocycles. The number of rotatable bonds is 7. The largest absolute Gasteiger partial charge is 0.241 e. The average Bonchev–Trinajstić information content (AvgIpc) is 2.43. The molecular formula is C17H29N3O2S. The minimum Gasteiger partial charge on any atom is -0.241 e. The third-order valence-corrected chi connectivity index (χ3v) is 4.97. The second-order valence-corrected chi connectivity index (χ2v) is 8.43. The van der Waals surface area contributed by atoms with Crippen LogP contribution in [0.2, 0.25) is 0 Å². The number of hydrogen-bond acceptors (Lipinski definition) is 4. The maximum Gasteiger partial charge on any atom is 0.239 e. The van der Waals surface area contributed by atoms with Gasteiger partial charge in [0.1, 0.15) is 0 Å². The van der Waals surface area contributed by atoms with Crippen LogP contribution in [-0.2, 0) is 10.0 Å². The summed E-state index contributed by atoms with van der Waals surface area (Å²) in [5, 5.41) is 0. The van der Waals surface area contributed by atoms with Crippen molar-refractivity contribution in [2.45, 2.75) is 53.4 Å². The summed E-state index contributed by atoms with van der Waals surface area (Å²) in [5.41, 5.74) is 2.67. The predicted molar refractivity (Wildman–Crippen MR) is 97.2 cm³/mol. The van der Waals surface area contributed by atoms with Crippen molar-refractivity contribution >= 4 is 22.0 Å². The Kier molecular flexibility index (Phi) is 6.74. The Hall–Kier alpha value is -1.43. The summed E-state index contributed by atoms with van der Waals surface area (Å²) in [6.45, 7) is 10.4. The molecule has 0 radical (unpaired) electrons. The van der Waals surface area contributed by atoms with Crippen LogP contribution in [0.3, 0.4) is 0 Å². The van der Waals surface area contributed by atoms with E-state index in [-0.39, 0.29) is 11.9 Å². The monoisotopic (exact) mass is 339 g/mol. The van der Waals surface area contributed by atoms with Crippen LogP contribution in [0.1, 0.15) is 63.4 Å². The lowest BCUT2D eigenvalue weighted by Crippen LogP contribution is -2.27. The van der Waals surface area contributed by atoms with Gasteiger partial charge in [-0.05, 0) is 25.2 Å². The zero-order chi connectivity index (χ0) is 17.8. The fourth-order valence-electron chi connectivity index (χ4n) is 2.34. The van der Waals surface area contributed by atoms with Gasteiger partial charge in [-0.1, -0.05) is 46.3 Å². The van der Waals surface area contributed by atoms with Gasteiger partial charge in [-0.3, -0.25) is 0 Å². The first-order valence-corrected chi connectivity index (χ1v) is 9.93. The Balaban J connectivity index is 3.33. The molecular weight excluding hydrogens is 310 g/mol. The standard InChI is InChI=1S/C17H29N3O2S/c1-8-9-13(4)10-11-15-14(5)18-17(19-16(15)12(2)3)20(6)23(7,21)22/h10-13H,8-9H2,1-7H3/b11-10+. The number of nitrogens with zero attached hydrogens (tertiary/aromatic N) is 3. The molecule has 0 aliphatic carbocycles. The third-order valence-electron chi connectivity index (χ3n) is 3.82. The molecule has 0 fully saturated rings. The van der Waals surface area contributed by atoms with E-state index in [4.69, 9.17) is 0 Å². The Labute approximate surface area is 140 Å². The van der Waals surface area contributed by atoms with Crippen LogP contribution < -0.4 is 4.31 Å². The fraction of sp³-hybridized carbons (Fsp3) is 0.647. The Morgan fingerprint density at radius 2 is 1.83 bits per heavy atom. The van der Waals surface area contributed by atoms with Gasteiger partial charge in [0.25, 0.3) is 0 Å². The minimum absolute atomic E-state index is 0.185. The summed E-state index contributed by atoms with van der Waals surface area (Å²) in [4.78, 5) is 8.90. The van der Waals surface area contributed by atoms with E-state index in [1.165, 1.54) is 7.05 Å². The number of aryl methyl sites for hydroxylation is 1. The van der Waals surface area contributed by atoms with Crippen LogP contribution in [0.25, 0.3) is 6.08 Å². The Morgan fingerprint density at radius 1 is 1.22 bits per heavy atom. The second kappa shape index (κ2) is 7.90. The molecule has 0 spiro atoms. The molecule has 130 valence electrons. The molecule has 1 aromatic heterocycles. The lowest BCUT2D eigenvalue weighted by Gasteiger charge is -2.19. The van der Waals surface area contributed by atoms with Crippen molar-refractivity contribution in [3.05, 3.63) is 23.0 Å². The molecule has 1 rings (SSSR count). The van der Waals surface area contributed by atoms with E-state index in [1.807, 2.05) is 6.92 Å². The maximum atomic E-state index is 11.7. The molecule has 0 aliphatic rings. The zero-order valence-corrected chi connectivity index (χ0v) is 16.1. The molecule has 6 heteroatoms. The number of aromatic nitrogens is 2. The van der Waals surface area contributed by atoms with Crippen LogP contribution in [0.4, 0.5) is 5.95 Å². The van der Waals surface area contributed by atoms with Crippen molar-refractivity contribution in [2.75, 3.05) is 17.6 Å². The summed E-state index contributed by atoms with van der Waals surface area (Å²) >= 11 is 0. The van der Waals surface area contributed by atoms with Crippen molar-refractivity contribution < 1.29 is 8.42 Å². The maximum absolute atomic E-state index is 11.7. The van der Waals surface area contributed by atoms with Crippen LogP contribution in [-0.4, -0.2) is 31.7 Å². The molecule has 23 heavy (non-hydrogen) atoms. The normalized spacial score (nSPS) is 13.7. The molecule has 0 saturated heterocycles. The Morgan fingerprint density at radius 3 is 2.30 bits per heavy atom. The SMILES string of the molecule is CCCC(C)/C=C/c1c(C)nc(N(C)S(C)(=O)=O)nc1C(C)C. The summed E-state index contributed by atoms with van der Waals surface area (Å²) in [6.07, 6.45) is 7.70. The van der Waals surface area contributed by atoms with Crippen molar-refractivity contribution in [1.82, 2.24) is 9.97 Å². The fourth-order valence-corrected chi connectivity index (χ4v) is 2.71. The number of anilines is 1. The minimum atomic E-state index is -3.37. The first-order chi connectivity index (χ1) is 10.6. The summed E-state index contributed by atoms with van der Waals surface area (Å²) in [5.74, 6) is 0.912. The highest BCUT2D eigenvalue weighted by molar-refractivity contribution is 7.92. The smallest absolute Gasteiger partial charge is 0.239 e. The van der Waals surface area contributed by atoms with E-state index in [2.05, 4.69) is 49.8 Å². The molecule has 1 aromatic rings. The molecule has 1 heterocycles. The van der Waals surface area contributed by atoms with Gasteiger partial charge in [-0.2, -0.15) is 0 Å². The molecule has 5 nitrogen and oxygen atoms in total. The van der Waals surface area contributed by atoms with Crippen LogP contribution in [0.5, 0.6) is 0 Å². The van der Waals surface area contributed by atoms with Crippen molar-refractivity contribution in [1.29, 1.82) is 0 Å². The van der Waals surface area contributed by atoms with Gasteiger partial charge in [0.15, 0.2) is 0 Å². The molecule has 0 amide bonds. The first kappa shape index (κ1) is 19.6. The van der Waals surface area contributed by atoms with Gasteiger partial charge in [0.2, 0.25) is 16.0 Å². The first-order valence-electron chi connectivity index (χ1n) is 8.08. The van der Waals surface area contributed by atoms with Gasteiger partial charge in [0, 0.05) is 12.6 Å². The average molecular weight is 340 g/mol. The van der Waals surface area contributed by atoms with Crippen LogP contribution >= 0.6 is 0 Å². The molecule has 0 aliphatic heterocycles. The van der Waals surface area contributed by atoms with Gasteiger partial charge < -0.3 is 0 Å². The van der Waals surface area contributed by atoms with Gasteiger partial charge in [0.05, 0.1) is 17.6 Å². The van der Waals surface area contributed by atoms with Crippen LogP contribution in [0, 0.1) is 12.8 Å². The van der Waals surface area contributed by atoms with E-state index in [0.717, 1.165) is 40.4 Å². The van der Waals surface area contributed by atoms with Gasteiger partial charge in [-0.15, -0.1) is 0 Å². The van der Waals surface area contributed by atoms with E-state index < -0.39 is 10.0 Å². The number of sulfonamides is 1. The topological polar surface area (TPSA) is 63.2 Å². The van der Waals surface area contributed by atoms with Gasteiger partial charge in [-0.25, -0.2) is 22.7 Å². The zero-order valence-electron chi connectivity index (χ0n) is 15.3. The molecule has 1 unspecified atom stereocenters. The Bertz CT molecular complexity index is 667. The predicted octanol–water partition coefficient (Wildman–Crippen LogP) is 3.75. The highest BCUT2D eigenvalue weighted by atomic mass is 32.2. The molecule has 1 atom stereocenters. The van der Waals surface area contributed by atoms with E-state index in [9.17, 15) is 8.42 Å². The lowest BCUT2D eigenvalue weighted by molar-refractivity contribution is 0.599. The molecule has 0 N–H and O–H groups in total. The van der Waals surface area contributed by atoms with Gasteiger partial charge >= 0.3 is 0 Å². The molecule has 0 aromatic carbocycles. The van der Waals surface area contributed by atoms with Crippen LogP contribution in [0.15, 0.2) is 6.08 Å². The highest BCUT2D eigenvalue weighted by Gasteiger charge is 2.19. The number of hydrogen-bond donors (Lipinski definition) is 0. The number of allylic oxidation sites excluding steroid dienone is 1. The molecule has 0 bridgehead atoms. The van der Waals surface area contributed by atoms with Crippen molar-refractivity contribution in [2.24, 2.45) is 5.92 Å². The highest BCUT2D eigenvalue weighted by Crippen LogP contribution is 2.25. The van der Waals surface area contributed by atoms with E-state index in [0.29, 0.717) is 5.92 Å². The van der Waals surface area contributed by atoms with E-state index >= 15 is 0 Å². The summed E-state index contributed by atoms with van der Waals surface area (Å²) in [6, 6.07) is 0. The van der Waals surface area contributed by atoms with Crippen molar-refractivity contribution in [3.8, 4) is 0 Å². The lowest BCUT2D eigenvalue weighted by atomic mass is 9.99.